The molecule has 0 saturated carbocycles. The number of carbonyl (C=O) groups is 1. The summed E-state index contributed by atoms with van der Waals surface area (Å²) in [4.78, 5) is 16.3. The molecule has 1 heterocycles. The second kappa shape index (κ2) is 6.29. The lowest BCUT2D eigenvalue weighted by Gasteiger charge is -2.11. The van der Waals surface area contributed by atoms with Crippen molar-refractivity contribution in [1.29, 1.82) is 0 Å². The van der Waals surface area contributed by atoms with Crippen molar-refractivity contribution < 1.29 is 9.90 Å². The molecule has 1 aromatic heterocycles. The molecule has 0 saturated heterocycles. The predicted octanol–water partition coefficient (Wildman–Crippen LogP) is 2.13. The number of para-hydroxylation sites is 1. The first kappa shape index (κ1) is 13.5. The molecule has 0 aliphatic heterocycles. The summed E-state index contributed by atoms with van der Waals surface area (Å²) in [5.41, 5.74) is 1.23. The lowest BCUT2D eigenvalue weighted by atomic mass is 10.1. The molecule has 0 aliphatic carbocycles. The van der Waals surface area contributed by atoms with E-state index in [2.05, 4.69) is 10.3 Å². The zero-order valence-corrected chi connectivity index (χ0v) is 11.0. The van der Waals surface area contributed by atoms with E-state index in [9.17, 15) is 9.90 Å². The highest BCUT2D eigenvalue weighted by molar-refractivity contribution is 6.05. The van der Waals surface area contributed by atoms with E-state index in [0.717, 1.165) is 11.8 Å². The smallest absolute Gasteiger partial charge is 0.253 e. The van der Waals surface area contributed by atoms with Crippen LogP contribution in [-0.4, -0.2) is 28.6 Å². The van der Waals surface area contributed by atoms with Gasteiger partial charge in [-0.3, -0.25) is 9.78 Å². The summed E-state index contributed by atoms with van der Waals surface area (Å²) in [5.74, 6) is -0.195. The summed E-state index contributed by atoms with van der Waals surface area (Å²) in [7, 11) is 0. The molecule has 0 spiro atoms. The van der Waals surface area contributed by atoms with Crippen LogP contribution in [0.2, 0.25) is 0 Å². The minimum atomic E-state index is -0.489. The van der Waals surface area contributed by atoms with Crippen LogP contribution in [0.25, 0.3) is 10.9 Å². The largest absolute Gasteiger partial charge is 0.391 e. The van der Waals surface area contributed by atoms with Gasteiger partial charge in [-0.1, -0.05) is 31.5 Å². The summed E-state index contributed by atoms with van der Waals surface area (Å²) in [5, 5.41) is 13.3. The third kappa shape index (κ3) is 3.29. The number of pyridine rings is 1. The minimum absolute atomic E-state index is 0.195. The van der Waals surface area contributed by atoms with Crippen molar-refractivity contribution in [3.8, 4) is 0 Å². The fourth-order valence-electron chi connectivity index (χ4n) is 2.03. The lowest BCUT2D eigenvalue weighted by molar-refractivity contribution is 0.0911. The molecule has 1 unspecified atom stereocenters. The number of aromatic nitrogens is 1. The van der Waals surface area contributed by atoms with Crippen molar-refractivity contribution in [2.45, 2.75) is 25.9 Å². The van der Waals surface area contributed by atoms with Crippen molar-refractivity contribution in [3.63, 3.8) is 0 Å². The Labute approximate surface area is 112 Å². The molecule has 2 rings (SSSR count). The number of fused-ring (bicyclic) bond motifs is 1. The summed E-state index contributed by atoms with van der Waals surface area (Å²) in [6, 6.07) is 9.27. The number of rotatable bonds is 5. The van der Waals surface area contributed by atoms with E-state index in [0.29, 0.717) is 17.5 Å². The van der Waals surface area contributed by atoms with Crippen LogP contribution in [0, 0.1) is 0 Å². The zero-order valence-electron chi connectivity index (χ0n) is 11.0. The van der Waals surface area contributed by atoms with Gasteiger partial charge in [0, 0.05) is 18.1 Å². The second-order valence-electron chi connectivity index (χ2n) is 4.53. The Balaban J connectivity index is 2.13. The van der Waals surface area contributed by atoms with Crippen molar-refractivity contribution in [1.82, 2.24) is 10.3 Å². The molecule has 0 radical (unpaired) electrons. The third-order valence-corrected chi connectivity index (χ3v) is 3.00. The van der Waals surface area contributed by atoms with Crippen LogP contribution in [-0.2, 0) is 0 Å². The molecule has 100 valence electrons. The maximum atomic E-state index is 12.1. The number of benzene rings is 1. The highest BCUT2D eigenvalue weighted by Crippen LogP contribution is 2.15. The predicted molar refractivity (Wildman–Crippen MR) is 75.0 cm³/mol. The first-order chi connectivity index (χ1) is 9.22. The van der Waals surface area contributed by atoms with Crippen molar-refractivity contribution in [2.24, 2.45) is 0 Å². The van der Waals surface area contributed by atoms with Gasteiger partial charge in [0.1, 0.15) is 0 Å². The molecule has 0 bridgehead atoms. The van der Waals surface area contributed by atoms with Gasteiger partial charge in [-0.05, 0) is 18.6 Å². The van der Waals surface area contributed by atoms with Gasteiger partial charge in [0.05, 0.1) is 17.2 Å². The van der Waals surface area contributed by atoms with E-state index < -0.39 is 6.10 Å². The van der Waals surface area contributed by atoms with Crippen LogP contribution >= 0.6 is 0 Å². The molecule has 1 amide bonds. The van der Waals surface area contributed by atoms with Crippen LogP contribution in [0.15, 0.2) is 36.5 Å². The highest BCUT2D eigenvalue weighted by Gasteiger charge is 2.11. The second-order valence-corrected chi connectivity index (χ2v) is 4.53. The molecule has 4 nitrogen and oxygen atoms in total. The van der Waals surface area contributed by atoms with E-state index in [4.69, 9.17) is 0 Å². The molecular formula is C15H18N2O2. The Morgan fingerprint density at radius 1 is 1.37 bits per heavy atom. The highest BCUT2D eigenvalue weighted by atomic mass is 16.3. The Hall–Kier alpha value is -1.94. The van der Waals surface area contributed by atoms with E-state index >= 15 is 0 Å². The fourth-order valence-corrected chi connectivity index (χ4v) is 2.03. The quantitative estimate of drug-likeness (QED) is 0.863. The molecule has 0 aliphatic rings. The fraction of sp³-hybridized carbons (Fsp3) is 0.333. The molecule has 2 N–H and O–H groups in total. The van der Waals surface area contributed by atoms with Crippen molar-refractivity contribution in [3.05, 3.63) is 42.1 Å². The molecule has 2 aromatic rings. The first-order valence-corrected chi connectivity index (χ1v) is 6.52. The molecule has 1 aromatic carbocycles. The summed E-state index contributed by atoms with van der Waals surface area (Å²) in [6.07, 6.45) is 2.77. The first-order valence-electron chi connectivity index (χ1n) is 6.52. The van der Waals surface area contributed by atoms with Gasteiger partial charge >= 0.3 is 0 Å². The average molecular weight is 258 g/mol. The van der Waals surface area contributed by atoms with Crippen molar-refractivity contribution >= 4 is 16.8 Å². The SMILES string of the molecule is CCCC(O)CNC(=O)c1cccc2cccnc12. The Bertz CT molecular complexity index is 564. The summed E-state index contributed by atoms with van der Waals surface area (Å²) in [6.45, 7) is 2.27. The van der Waals surface area contributed by atoms with E-state index in [1.54, 1.807) is 12.3 Å². The van der Waals surface area contributed by atoms with Crippen LogP contribution in [0.5, 0.6) is 0 Å². The number of hydrogen-bond donors (Lipinski definition) is 2. The van der Waals surface area contributed by atoms with Crippen LogP contribution in [0.3, 0.4) is 0 Å². The monoisotopic (exact) mass is 258 g/mol. The van der Waals surface area contributed by atoms with E-state index in [-0.39, 0.29) is 12.5 Å². The molecular weight excluding hydrogens is 240 g/mol. The van der Waals surface area contributed by atoms with Gasteiger partial charge in [-0.15, -0.1) is 0 Å². The average Bonchev–Trinajstić information content (AvgIpc) is 2.44. The third-order valence-electron chi connectivity index (χ3n) is 3.00. The number of carbonyl (C=O) groups excluding carboxylic acids is 1. The molecule has 4 heteroatoms. The Morgan fingerprint density at radius 3 is 2.95 bits per heavy atom. The maximum Gasteiger partial charge on any atom is 0.253 e. The molecule has 19 heavy (non-hydrogen) atoms. The maximum absolute atomic E-state index is 12.1. The summed E-state index contributed by atoms with van der Waals surface area (Å²) >= 11 is 0. The van der Waals surface area contributed by atoms with E-state index in [1.807, 2.05) is 31.2 Å². The zero-order chi connectivity index (χ0) is 13.7. The van der Waals surface area contributed by atoms with E-state index in [1.165, 1.54) is 0 Å². The van der Waals surface area contributed by atoms with Crippen LogP contribution in [0.1, 0.15) is 30.1 Å². The lowest BCUT2D eigenvalue weighted by Crippen LogP contribution is -2.32. The topological polar surface area (TPSA) is 62.2 Å². The Morgan fingerprint density at radius 2 is 2.16 bits per heavy atom. The number of amides is 1. The van der Waals surface area contributed by atoms with Crippen molar-refractivity contribution in [2.75, 3.05) is 6.54 Å². The Kier molecular flexibility index (Phi) is 4.47. The minimum Gasteiger partial charge on any atom is -0.391 e. The van der Waals surface area contributed by atoms with Gasteiger partial charge in [0.25, 0.3) is 5.91 Å². The molecule has 0 fully saturated rings. The molecule has 1 atom stereocenters. The van der Waals surface area contributed by atoms with Gasteiger partial charge < -0.3 is 10.4 Å². The summed E-state index contributed by atoms with van der Waals surface area (Å²) < 4.78 is 0. The number of aliphatic hydroxyl groups excluding tert-OH is 1. The van der Waals surface area contributed by atoms with Gasteiger partial charge in [0.2, 0.25) is 0 Å². The van der Waals surface area contributed by atoms with Gasteiger partial charge in [-0.2, -0.15) is 0 Å². The number of nitrogens with one attached hydrogen (secondary N) is 1. The van der Waals surface area contributed by atoms with Crippen LogP contribution < -0.4 is 5.32 Å². The van der Waals surface area contributed by atoms with Gasteiger partial charge in [-0.25, -0.2) is 0 Å². The number of hydrogen-bond acceptors (Lipinski definition) is 3. The number of nitrogens with zero attached hydrogens (tertiary/aromatic N) is 1. The van der Waals surface area contributed by atoms with Gasteiger partial charge in [0.15, 0.2) is 0 Å². The number of aliphatic hydroxyl groups is 1. The van der Waals surface area contributed by atoms with Crippen LogP contribution in [0.4, 0.5) is 0 Å². The normalized spacial score (nSPS) is 12.3. The standard InChI is InChI=1S/C15H18N2O2/c1-2-5-12(18)10-17-15(19)13-8-3-6-11-7-4-9-16-14(11)13/h3-4,6-9,12,18H,2,5,10H2,1H3,(H,17,19).